The van der Waals surface area contributed by atoms with Crippen LogP contribution < -0.4 is 9.64 Å². The number of nitriles is 1. The van der Waals surface area contributed by atoms with Crippen molar-refractivity contribution in [1.29, 1.82) is 5.26 Å². The maximum atomic E-state index is 8.92. The fraction of sp³-hybridized carbons (Fsp3) is 0.462. The smallest absolute Gasteiger partial charge is 0.184 e. The molecular formula is C13H18N2O. The predicted octanol–water partition coefficient (Wildman–Crippen LogP) is 2.91. The summed E-state index contributed by atoms with van der Waals surface area (Å²) < 4.78 is 5.24. The number of anilines is 1. The number of methoxy groups -OCH3 is 1. The molecule has 0 aliphatic heterocycles. The van der Waals surface area contributed by atoms with Crippen LogP contribution in [-0.2, 0) is 5.41 Å². The maximum absolute atomic E-state index is 8.92. The third-order valence-electron chi connectivity index (χ3n) is 2.56. The lowest BCUT2D eigenvalue weighted by atomic mass is 9.86. The van der Waals surface area contributed by atoms with Crippen LogP contribution >= 0.6 is 0 Å². The van der Waals surface area contributed by atoms with Crippen molar-refractivity contribution in [3.8, 4) is 11.9 Å². The Morgan fingerprint density at radius 1 is 1.31 bits per heavy atom. The second-order valence-corrected chi connectivity index (χ2v) is 4.80. The molecular weight excluding hydrogens is 200 g/mol. The Bertz CT molecular complexity index is 413. The van der Waals surface area contributed by atoms with E-state index in [4.69, 9.17) is 10.00 Å². The van der Waals surface area contributed by atoms with Crippen molar-refractivity contribution < 1.29 is 4.74 Å². The zero-order valence-corrected chi connectivity index (χ0v) is 10.5. The Kier molecular flexibility index (Phi) is 3.44. The molecule has 0 radical (unpaired) electrons. The Morgan fingerprint density at radius 3 is 2.38 bits per heavy atom. The summed E-state index contributed by atoms with van der Waals surface area (Å²) in [4.78, 5) is 1.51. The minimum absolute atomic E-state index is 0.0668. The normalized spacial score (nSPS) is 10.8. The first-order chi connectivity index (χ1) is 7.40. The average molecular weight is 218 g/mol. The number of rotatable bonds is 2. The molecule has 0 N–H and O–H groups in total. The molecule has 0 unspecified atom stereocenters. The van der Waals surface area contributed by atoms with Gasteiger partial charge >= 0.3 is 0 Å². The van der Waals surface area contributed by atoms with Crippen molar-refractivity contribution in [3.63, 3.8) is 0 Å². The van der Waals surface area contributed by atoms with Crippen molar-refractivity contribution in [1.82, 2.24) is 0 Å². The first-order valence-electron chi connectivity index (χ1n) is 5.22. The molecule has 0 atom stereocenters. The Morgan fingerprint density at radius 2 is 1.94 bits per heavy atom. The highest BCUT2D eigenvalue weighted by Gasteiger charge is 2.17. The van der Waals surface area contributed by atoms with Crippen LogP contribution in [0.25, 0.3) is 0 Å². The van der Waals surface area contributed by atoms with Gasteiger partial charge in [-0.2, -0.15) is 5.26 Å². The molecule has 1 aromatic carbocycles. The standard InChI is InChI=1S/C13H18N2O/c1-13(2,3)10-6-7-12(16-5)11(8-10)15(4)9-14/h6-8H,1-5H3. The summed E-state index contributed by atoms with van der Waals surface area (Å²) in [5.41, 5.74) is 2.06. The van der Waals surface area contributed by atoms with E-state index < -0.39 is 0 Å². The van der Waals surface area contributed by atoms with Crippen LogP contribution in [0, 0.1) is 11.5 Å². The summed E-state index contributed by atoms with van der Waals surface area (Å²) in [6.07, 6.45) is 2.09. The van der Waals surface area contributed by atoms with E-state index in [0.29, 0.717) is 0 Å². The fourth-order valence-corrected chi connectivity index (χ4v) is 1.47. The second-order valence-electron chi connectivity index (χ2n) is 4.80. The van der Waals surface area contributed by atoms with Gasteiger partial charge in [-0.25, -0.2) is 0 Å². The number of hydrogen-bond acceptors (Lipinski definition) is 3. The van der Waals surface area contributed by atoms with Crippen molar-refractivity contribution in [3.05, 3.63) is 23.8 Å². The average Bonchev–Trinajstić information content (AvgIpc) is 2.25. The molecule has 3 nitrogen and oxygen atoms in total. The molecule has 0 amide bonds. The summed E-state index contributed by atoms with van der Waals surface area (Å²) >= 11 is 0. The summed E-state index contributed by atoms with van der Waals surface area (Å²) in [5, 5.41) is 8.92. The highest BCUT2D eigenvalue weighted by Crippen LogP contribution is 2.32. The number of nitrogens with zero attached hydrogens (tertiary/aromatic N) is 2. The van der Waals surface area contributed by atoms with Crippen molar-refractivity contribution in [2.75, 3.05) is 19.1 Å². The molecule has 0 heterocycles. The molecule has 0 aromatic heterocycles. The lowest BCUT2D eigenvalue weighted by Crippen LogP contribution is -2.14. The molecule has 0 aliphatic carbocycles. The zero-order chi connectivity index (χ0) is 12.3. The van der Waals surface area contributed by atoms with Crippen molar-refractivity contribution in [2.24, 2.45) is 0 Å². The minimum Gasteiger partial charge on any atom is -0.495 e. The van der Waals surface area contributed by atoms with Gasteiger partial charge in [0.1, 0.15) is 5.75 Å². The lowest BCUT2D eigenvalue weighted by Gasteiger charge is -2.22. The largest absolute Gasteiger partial charge is 0.495 e. The predicted molar refractivity (Wildman–Crippen MR) is 65.7 cm³/mol. The molecule has 0 bridgehead atoms. The van der Waals surface area contributed by atoms with Gasteiger partial charge in [-0.15, -0.1) is 0 Å². The van der Waals surface area contributed by atoms with E-state index in [9.17, 15) is 0 Å². The van der Waals surface area contributed by atoms with Crippen LogP contribution in [0.15, 0.2) is 18.2 Å². The number of hydrogen-bond donors (Lipinski definition) is 0. The van der Waals surface area contributed by atoms with E-state index >= 15 is 0 Å². The zero-order valence-electron chi connectivity index (χ0n) is 10.5. The monoisotopic (exact) mass is 218 g/mol. The van der Waals surface area contributed by atoms with Gasteiger partial charge in [-0.3, -0.25) is 4.90 Å². The lowest BCUT2D eigenvalue weighted by molar-refractivity contribution is 0.415. The summed E-state index contributed by atoms with van der Waals surface area (Å²) in [7, 11) is 3.34. The van der Waals surface area contributed by atoms with E-state index in [-0.39, 0.29) is 5.41 Å². The van der Waals surface area contributed by atoms with E-state index in [0.717, 1.165) is 11.4 Å². The van der Waals surface area contributed by atoms with Crippen LogP contribution in [-0.4, -0.2) is 14.2 Å². The topological polar surface area (TPSA) is 36.3 Å². The molecule has 1 aromatic rings. The van der Waals surface area contributed by atoms with Gasteiger partial charge in [-0.1, -0.05) is 26.8 Å². The van der Waals surface area contributed by atoms with Gasteiger partial charge in [0.25, 0.3) is 0 Å². The second kappa shape index (κ2) is 4.44. The molecule has 86 valence electrons. The third-order valence-corrected chi connectivity index (χ3v) is 2.56. The maximum Gasteiger partial charge on any atom is 0.184 e. The van der Waals surface area contributed by atoms with Gasteiger partial charge in [-0.05, 0) is 23.1 Å². The Balaban J connectivity index is 3.28. The number of ether oxygens (including phenoxy) is 1. The van der Waals surface area contributed by atoms with Crippen LogP contribution in [0.3, 0.4) is 0 Å². The molecule has 0 saturated carbocycles. The minimum atomic E-state index is 0.0668. The van der Waals surface area contributed by atoms with E-state index in [1.807, 2.05) is 18.2 Å². The SMILES string of the molecule is COc1ccc(C(C)(C)C)cc1N(C)C#N. The third kappa shape index (κ3) is 2.46. The van der Waals surface area contributed by atoms with Crippen LogP contribution in [0.2, 0.25) is 0 Å². The molecule has 0 spiro atoms. The summed E-state index contributed by atoms with van der Waals surface area (Å²) in [6.45, 7) is 6.43. The highest BCUT2D eigenvalue weighted by molar-refractivity contribution is 5.62. The molecule has 1 rings (SSSR count). The quantitative estimate of drug-likeness (QED) is 0.565. The van der Waals surface area contributed by atoms with Gasteiger partial charge < -0.3 is 4.74 Å². The van der Waals surface area contributed by atoms with E-state index in [1.165, 1.54) is 10.5 Å². The molecule has 0 saturated heterocycles. The van der Waals surface area contributed by atoms with Gasteiger partial charge in [0.2, 0.25) is 0 Å². The summed E-state index contributed by atoms with van der Waals surface area (Å²) in [6, 6.07) is 5.94. The Hall–Kier alpha value is -1.69. The number of benzene rings is 1. The van der Waals surface area contributed by atoms with Crippen LogP contribution in [0.1, 0.15) is 26.3 Å². The van der Waals surface area contributed by atoms with Gasteiger partial charge in [0, 0.05) is 7.05 Å². The Labute approximate surface area is 97.3 Å². The molecule has 3 heteroatoms. The summed E-state index contributed by atoms with van der Waals surface area (Å²) in [5.74, 6) is 0.719. The van der Waals surface area contributed by atoms with Crippen LogP contribution in [0.4, 0.5) is 5.69 Å². The van der Waals surface area contributed by atoms with Crippen LogP contribution in [0.5, 0.6) is 5.75 Å². The van der Waals surface area contributed by atoms with Crippen molar-refractivity contribution in [2.45, 2.75) is 26.2 Å². The van der Waals surface area contributed by atoms with Gasteiger partial charge in [0.05, 0.1) is 12.8 Å². The first kappa shape index (κ1) is 12.4. The molecule has 16 heavy (non-hydrogen) atoms. The first-order valence-corrected chi connectivity index (χ1v) is 5.22. The van der Waals surface area contributed by atoms with E-state index in [2.05, 4.69) is 27.0 Å². The van der Waals surface area contributed by atoms with Crippen molar-refractivity contribution >= 4 is 5.69 Å². The molecule has 0 fully saturated rings. The fourth-order valence-electron chi connectivity index (χ4n) is 1.47. The highest BCUT2D eigenvalue weighted by atomic mass is 16.5. The molecule has 0 aliphatic rings. The van der Waals surface area contributed by atoms with E-state index in [1.54, 1.807) is 14.2 Å². The van der Waals surface area contributed by atoms with Gasteiger partial charge in [0.15, 0.2) is 6.19 Å².